The Morgan fingerprint density at radius 1 is 1.12 bits per heavy atom. The van der Waals surface area contributed by atoms with Crippen LogP contribution < -0.4 is 0 Å². The second-order valence-corrected chi connectivity index (χ2v) is 14.5. The predicted octanol–water partition coefficient (Wildman–Crippen LogP) is 5.39. The quantitative estimate of drug-likeness (QED) is 0.540. The Hall–Kier alpha value is -0.450. The molecule has 2 N–H and O–H groups in total. The van der Waals surface area contributed by atoms with Crippen molar-refractivity contribution in [2.75, 3.05) is 0 Å². The molecule has 4 aliphatic carbocycles. The second kappa shape index (κ2) is 7.53. The van der Waals surface area contributed by atoms with E-state index in [0.717, 1.165) is 32.1 Å². The normalized spacial score (nSPS) is 51.2. The van der Waals surface area contributed by atoms with Crippen LogP contribution in [0.15, 0.2) is 0 Å². The van der Waals surface area contributed by atoms with E-state index >= 15 is 0 Å². The van der Waals surface area contributed by atoms with E-state index in [1.54, 1.807) is 0 Å². The van der Waals surface area contributed by atoms with Crippen LogP contribution in [0.25, 0.3) is 0 Å². The number of carbonyl (C=O) groups is 1. The average molecular weight is 461 g/mol. The highest BCUT2D eigenvalue weighted by Crippen LogP contribution is 2.72. The van der Waals surface area contributed by atoms with E-state index in [1.165, 1.54) is 19.3 Å². The summed E-state index contributed by atoms with van der Waals surface area (Å²) in [6, 6.07) is 0. The van der Waals surface area contributed by atoms with Crippen molar-refractivity contribution in [3.05, 3.63) is 0 Å². The minimum atomic E-state index is -0.590. The number of fused-ring (bicyclic) bond motifs is 7. The number of epoxide rings is 1. The third-order valence-corrected chi connectivity index (χ3v) is 11.8. The first-order chi connectivity index (χ1) is 15.2. The molecule has 4 saturated carbocycles. The van der Waals surface area contributed by atoms with Gasteiger partial charge in [-0.2, -0.15) is 0 Å². The van der Waals surface area contributed by atoms with Crippen molar-refractivity contribution in [1.82, 2.24) is 0 Å². The second-order valence-electron chi connectivity index (χ2n) is 14.5. The number of ketones is 1. The van der Waals surface area contributed by atoms with Crippen molar-refractivity contribution in [1.29, 1.82) is 0 Å². The van der Waals surface area contributed by atoms with E-state index in [1.807, 2.05) is 13.8 Å². The summed E-state index contributed by atoms with van der Waals surface area (Å²) in [6.07, 6.45) is 8.27. The lowest BCUT2D eigenvalue weighted by Gasteiger charge is -2.64. The Balaban J connectivity index is 1.38. The molecule has 4 heteroatoms. The summed E-state index contributed by atoms with van der Waals surface area (Å²) in [6.45, 7) is 15.4. The lowest BCUT2D eigenvalue weighted by molar-refractivity contribution is -0.184. The fraction of sp³-hybridized carbons (Fsp3) is 0.966. The smallest absolute Gasteiger partial charge is 0.170 e. The molecule has 0 amide bonds. The van der Waals surface area contributed by atoms with Gasteiger partial charge in [0.15, 0.2) is 5.78 Å². The maximum atomic E-state index is 13.0. The third kappa shape index (κ3) is 3.44. The molecule has 0 radical (unpaired) electrons. The molecule has 5 fully saturated rings. The molecule has 0 aromatic heterocycles. The van der Waals surface area contributed by atoms with Crippen LogP contribution in [0.3, 0.4) is 0 Å². The van der Waals surface area contributed by atoms with E-state index in [9.17, 15) is 15.0 Å². The Morgan fingerprint density at radius 3 is 2.48 bits per heavy atom. The molecule has 0 bridgehead atoms. The van der Waals surface area contributed by atoms with Crippen LogP contribution in [0.2, 0.25) is 0 Å². The molecule has 4 nitrogen and oxygen atoms in total. The van der Waals surface area contributed by atoms with Crippen LogP contribution in [0.5, 0.6) is 0 Å². The van der Waals surface area contributed by atoms with Crippen molar-refractivity contribution in [3.63, 3.8) is 0 Å². The molecule has 0 spiro atoms. The summed E-state index contributed by atoms with van der Waals surface area (Å²) >= 11 is 0. The summed E-state index contributed by atoms with van der Waals surface area (Å²) in [4.78, 5) is 13.0. The van der Waals surface area contributed by atoms with Gasteiger partial charge in [-0.3, -0.25) is 4.79 Å². The molecule has 5 rings (SSSR count). The van der Waals surface area contributed by atoms with Crippen LogP contribution in [-0.4, -0.2) is 39.9 Å². The first-order valence-electron chi connectivity index (χ1n) is 13.8. The molecular formula is C29H48O4. The van der Waals surface area contributed by atoms with Crippen LogP contribution >= 0.6 is 0 Å². The largest absolute Gasteiger partial charge is 0.393 e. The Bertz CT molecular complexity index is 798. The summed E-state index contributed by atoms with van der Waals surface area (Å²) in [5.41, 5.74) is -0.737. The number of carbonyl (C=O) groups excluding carboxylic acids is 1. The topological polar surface area (TPSA) is 70.1 Å². The van der Waals surface area contributed by atoms with Crippen molar-refractivity contribution in [2.45, 2.75) is 124 Å². The van der Waals surface area contributed by atoms with Gasteiger partial charge in [0.25, 0.3) is 0 Å². The van der Waals surface area contributed by atoms with Crippen LogP contribution in [0.4, 0.5) is 0 Å². The van der Waals surface area contributed by atoms with Gasteiger partial charge < -0.3 is 14.9 Å². The number of hydrogen-bond donors (Lipinski definition) is 2. The van der Waals surface area contributed by atoms with Gasteiger partial charge in [-0.25, -0.2) is 0 Å². The molecule has 33 heavy (non-hydrogen) atoms. The number of aliphatic hydroxyl groups excluding tert-OH is 1. The molecule has 1 saturated heterocycles. The first-order valence-corrected chi connectivity index (χ1v) is 13.8. The number of hydrogen-bond acceptors (Lipinski definition) is 4. The van der Waals surface area contributed by atoms with Gasteiger partial charge in [0.1, 0.15) is 6.10 Å². The third-order valence-electron chi connectivity index (χ3n) is 11.8. The fourth-order valence-electron chi connectivity index (χ4n) is 10.2. The molecule has 1 heterocycles. The Labute approximate surface area is 201 Å². The molecule has 11 atom stereocenters. The number of rotatable bonds is 5. The first kappa shape index (κ1) is 24.3. The van der Waals surface area contributed by atoms with E-state index in [-0.39, 0.29) is 34.6 Å². The average Bonchev–Trinajstić information content (AvgIpc) is 3.42. The van der Waals surface area contributed by atoms with E-state index in [0.29, 0.717) is 41.3 Å². The van der Waals surface area contributed by atoms with Gasteiger partial charge in [0, 0.05) is 10.8 Å². The van der Waals surface area contributed by atoms with Crippen molar-refractivity contribution in [3.8, 4) is 0 Å². The highest BCUT2D eigenvalue weighted by molar-refractivity contribution is 5.92. The van der Waals surface area contributed by atoms with Gasteiger partial charge in [0.2, 0.25) is 0 Å². The maximum absolute atomic E-state index is 13.0. The van der Waals surface area contributed by atoms with Crippen LogP contribution in [-0.2, 0) is 9.53 Å². The highest BCUT2D eigenvalue weighted by atomic mass is 16.6. The van der Waals surface area contributed by atoms with E-state index in [4.69, 9.17) is 4.74 Å². The van der Waals surface area contributed by atoms with Crippen LogP contribution in [0.1, 0.15) is 99.8 Å². The lowest BCUT2D eigenvalue weighted by atomic mass is 9.40. The number of ether oxygens (including phenoxy) is 1. The molecule has 1 aliphatic heterocycles. The fourth-order valence-corrected chi connectivity index (χ4v) is 10.2. The Morgan fingerprint density at radius 2 is 1.82 bits per heavy atom. The van der Waals surface area contributed by atoms with Crippen LogP contribution in [0, 0.1) is 51.8 Å². The summed E-state index contributed by atoms with van der Waals surface area (Å²) in [5, 5.41) is 21.8. The number of Topliss-reactive ketones (excluding diaryl/α,β-unsaturated/α-hetero) is 1. The zero-order chi connectivity index (χ0) is 24.1. The van der Waals surface area contributed by atoms with Gasteiger partial charge in [-0.05, 0) is 93.3 Å². The predicted molar refractivity (Wildman–Crippen MR) is 130 cm³/mol. The molecule has 188 valence electrons. The monoisotopic (exact) mass is 460 g/mol. The van der Waals surface area contributed by atoms with Gasteiger partial charge in [-0.15, -0.1) is 0 Å². The van der Waals surface area contributed by atoms with E-state index in [2.05, 4.69) is 34.6 Å². The van der Waals surface area contributed by atoms with Crippen molar-refractivity contribution < 1.29 is 19.7 Å². The van der Waals surface area contributed by atoms with E-state index < -0.39 is 5.60 Å². The molecule has 0 aromatic carbocycles. The summed E-state index contributed by atoms with van der Waals surface area (Å²) < 4.78 is 6.11. The number of aliphatic hydroxyl groups is 2. The molecule has 5 aliphatic rings. The zero-order valence-corrected chi connectivity index (χ0v) is 22.1. The zero-order valence-electron chi connectivity index (χ0n) is 22.1. The molecular weight excluding hydrogens is 412 g/mol. The SMILES string of the molecule is C[C@@H](CCCC(C)(C)O)[C@H]1CC[C@@]2(C)[C@@H]1[C@H](O)C[C@H]1[C@H]2CC[C@@H]2C(C)(C)C(=O)[C@H]3O[C@H]3[C@@]21C. The van der Waals surface area contributed by atoms with Gasteiger partial charge in [-0.1, -0.05) is 47.5 Å². The minimum Gasteiger partial charge on any atom is -0.393 e. The summed E-state index contributed by atoms with van der Waals surface area (Å²) in [7, 11) is 0. The van der Waals surface area contributed by atoms with Crippen molar-refractivity contribution in [2.24, 2.45) is 51.8 Å². The minimum absolute atomic E-state index is 0.00361. The standard InChI is InChI=1S/C29H48O4/c1-16(9-8-13-26(2,3)32)17-12-14-28(6)18-10-11-21-27(4,5)24(31)23-25(33-23)29(21,7)19(18)15-20(30)22(17)28/h16-23,25,30,32H,8-15H2,1-7H3/t16-,17+,18+,19-,20+,21+,22-,23+,25+,28+,29+/m0/s1. The Kier molecular flexibility index (Phi) is 5.53. The van der Waals surface area contributed by atoms with Gasteiger partial charge >= 0.3 is 0 Å². The van der Waals surface area contributed by atoms with Gasteiger partial charge in [0.05, 0.1) is 17.8 Å². The van der Waals surface area contributed by atoms with Crippen molar-refractivity contribution >= 4 is 5.78 Å². The molecule has 0 aromatic rings. The lowest BCUT2D eigenvalue weighted by Crippen LogP contribution is -2.64. The highest BCUT2D eigenvalue weighted by Gasteiger charge is 2.74. The maximum Gasteiger partial charge on any atom is 0.170 e. The molecule has 0 unspecified atom stereocenters. The summed E-state index contributed by atoms with van der Waals surface area (Å²) in [5.74, 6) is 3.27.